The zero-order chi connectivity index (χ0) is 10.6. The Morgan fingerprint density at radius 2 is 2.13 bits per heavy atom. The molecule has 86 valence electrons. The summed E-state index contributed by atoms with van der Waals surface area (Å²) in [7, 11) is 0. The third kappa shape index (κ3) is 4.47. The van der Waals surface area contributed by atoms with Crippen molar-refractivity contribution in [1.29, 1.82) is 0 Å². The van der Waals surface area contributed by atoms with Gasteiger partial charge in [0.2, 0.25) is 0 Å². The van der Waals surface area contributed by atoms with Crippen molar-refractivity contribution in [3.8, 4) is 0 Å². The summed E-state index contributed by atoms with van der Waals surface area (Å²) in [4.78, 5) is 0. The molecule has 0 amide bonds. The van der Waals surface area contributed by atoms with Gasteiger partial charge in [0.25, 0.3) is 0 Å². The number of hydrogen-bond donors (Lipinski definition) is 2. The SMILES string of the molecule is Cl.N[C@H](CCCO)c1ccc(F)cc1Br. The summed E-state index contributed by atoms with van der Waals surface area (Å²) in [5.74, 6) is -0.282. The molecule has 0 aliphatic rings. The Hall–Kier alpha value is -0.160. The molecule has 1 atom stereocenters. The maximum absolute atomic E-state index is 12.8. The molecule has 0 fully saturated rings. The van der Waals surface area contributed by atoms with E-state index in [-0.39, 0.29) is 30.9 Å². The van der Waals surface area contributed by atoms with Gasteiger partial charge < -0.3 is 10.8 Å². The second-order valence-corrected chi connectivity index (χ2v) is 3.99. The molecule has 0 radical (unpaired) electrons. The number of rotatable bonds is 4. The average molecular weight is 299 g/mol. The van der Waals surface area contributed by atoms with Crippen molar-refractivity contribution in [2.75, 3.05) is 6.61 Å². The first kappa shape index (κ1) is 14.8. The van der Waals surface area contributed by atoms with E-state index < -0.39 is 0 Å². The van der Waals surface area contributed by atoms with Crippen LogP contribution < -0.4 is 5.73 Å². The van der Waals surface area contributed by atoms with E-state index in [2.05, 4.69) is 15.9 Å². The molecule has 1 rings (SSSR count). The minimum absolute atomic E-state index is 0. The van der Waals surface area contributed by atoms with Crippen molar-refractivity contribution < 1.29 is 9.50 Å². The number of benzene rings is 1. The van der Waals surface area contributed by atoms with Crippen LogP contribution >= 0.6 is 28.3 Å². The number of aliphatic hydroxyl groups excluding tert-OH is 1. The van der Waals surface area contributed by atoms with E-state index in [1.807, 2.05) is 0 Å². The van der Waals surface area contributed by atoms with Crippen LogP contribution in [0.5, 0.6) is 0 Å². The fourth-order valence-electron chi connectivity index (χ4n) is 1.27. The topological polar surface area (TPSA) is 46.2 Å². The third-order valence-electron chi connectivity index (χ3n) is 2.04. The Morgan fingerprint density at radius 3 is 2.67 bits per heavy atom. The van der Waals surface area contributed by atoms with Crippen LogP contribution in [-0.4, -0.2) is 11.7 Å². The van der Waals surface area contributed by atoms with Crippen LogP contribution in [0.25, 0.3) is 0 Å². The van der Waals surface area contributed by atoms with Gasteiger partial charge in [-0.05, 0) is 30.5 Å². The molecule has 5 heteroatoms. The largest absolute Gasteiger partial charge is 0.396 e. The predicted molar refractivity (Wildman–Crippen MR) is 64.6 cm³/mol. The van der Waals surface area contributed by atoms with E-state index in [4.69, 9.17) is 10.8 Å². The molecule has 1 aromatic rings. The highest BCUT2D eigenvalue weighted by Crippen LogP contribution is 2.25. The standard InChI is InChI=1S/C10H13BrFNO.ClH/c11-9-6-7(12)3-4-8(9)10(13)2-1-5-14;/h3-4,6,10,14H,1-2,5,13H2;1H/t10-;/m1./s1. The average Bonchev–Trinajstić information content (AvgIpc) is 2.14. The van der Waals surface area contributed by atoms with E-state index >= 15 is 0 Å². The quantitative estimate of drug-likeness (QED) is 0.898. The van der Waals surface area contributed by atoms with Gasteiger partial charge in [-0.3, -0.25) is 0 Å². The molecule has 0 aromatic heterocycles. The number of halogens is 3. The van der Waals surface area contributed by atoms with Gasteiger partial charge in [0.15, 0.2) is 0 Å². The predicted octanol–water partition coefficient (Wildman–Crippen LogP) is 2.78. The molecule has 0 heterocycles. The Kier molecular flexibility index (Phi) is 7.09. The van der Waals surface area contributed by atoms with Gasteiger partial charge in [-0.25, -0.2) is 4.39 Å². The van der Waals surface area contributed by atoms with Crippen molar-refractivity contribution in [2.45, 2.75) is 18.9 Å². The van der Waals surface area contributed by atoms with E-state index in [1.54, 1.807) is 6.07 Å². The smallest absolute Gasteiger partial charge is 0.124 e. The summed E-state index contributed by atoms with van der Waals surface area (Å²) in [5, 5.41) is 8.65. The van der Waals surface area contributed by atoms with Crippen molar-refractivity contribution in [1.82, 2.24) is 0 Å². The van der Waals surface area contributed by atoms with Crippen LogP contribution in [0.15, 0.2) is 22.7 Å². The lowest BCUT2D eigenvalue weighted by Crippen LogP contribution is -2.11. The first-order valence-corrected chi connectivity index (χ1v) is 5.26. The lowest BCUT2D eigenvalue weighted by molar-refractivity contribution is 0.280. The lowest BCUT2D eigenvalue weighted by atomic mass is 10.0. The first-order valence-electron chi connectivity index (χ1n) is 4.46. The Bertz CT molecular complexity index is 311. The Balaban J connectivity index is 0.00000196. The minimum atomic E-state index is -0.282. The molecule has 3 N–H and O–H groups in total. The van der Waals surface area contributed by atoms with Crippen molar-refractivity contribution >= 4 is 28.3 Å². The van der Waals surface area contributed by atoms with Crippen LogP contribution in [0, 0.1) is 5.82 Å². The van der Waals surface area contributed by atoms with Gasteiger partial charge in [0.05, 0.1) is 0 Å². The fraction of sp³-hybridized carbons (Fsp3) is 0.400. The highest BCUT2D eigenvalue weighted by atomic mass is 79.9. The monoisotopic (exact) mass is 297 g/mol. The lowest BCUT2D eigenvalue weighted by Gasteiger charge is -2.12. The highest BCUT2D eigenvalue weighted by molar-refractivity contribution is 9.10. The minimum Gasteiger partial charge on any atom is -0.396 e. The molecule has 0 aliphatic heterocycles. The van der Waals surface area contributed by atoms with Gasteiger partial charge in [-0.1, -0.05) is 22.0 Å². The van der Waals surface area contributed by atoms with E-state index in [1.165, 1.54) is 12.1 Å². The number of aliphatic hydroxyl groups is 1. The van der Waals surface area contributed by atoms with Gasteiger partial charge >= 0.3 is 0 Å². The molecule has 0 saturated heterocycles. The number of hydrogen-bond acceptors (Lipinski definition) is 2. The van der Waals surface area contributed by atoms with Gasteiger partial charge in [-0.15, -0.1) is 12.4 Å². The molecular formula is C10H14BrClFNO. The molecule has 0 aliphatic carbocycles. The zero-order valence-electron chi connectivity index (χ0n) is 8.12. The molecule has 2 nitrogen and oxygen atoms in total. The molecule has 15 heavy (non-hydrogen) atoms. The van der Waals surface area contributed by atoms with Crippen molar-refractivity contribution in [3.63, 3.8) is 0 Å². The maximum Gasteiger partial charge on any atom is 0.124 e. The molecular weight excluding hydrogens is 284 g/mol. The zero-order valence-corrected chi connectivity index (χ0v) is 10.5. The first-order chi connectivity index (χ1) is 6.65. The maximum atomic E-state index is 12.8. The van der Waals surface area contributed by atoms with E-state index in [0.29, 0.717) is 17.3 Å². The molecule has 0 spiro atoms. The summed E-state index contributed by atoms with van der Waals surface area (Å²) in [6.45, 7) is 0.131. The van der Waals surface area contributed by atoms with E-state index in [9.17, 15) is 4.39 Å². The van der Waals surface area contributed by atoms with Gasteiger partial charge in [0.1, 0.15) is 5.82 Å². The summed E-state index contributed by atoms with van der Waals surface area (Å²) in [5.41, 5.74) is 6.74. The second kappa shape index (κ2) is 7.17. The van der Waals surface area contributed by atoms with Crippen LogP contribution in [-0.2, 0) is 0 Å². The molecule has 1 aromatic carbocycles. The summed E-state index contributed by atoms with van der Waals surface area (Å²) in [6, 6.07) is 4.30. The van der Waals surface area contributed by atoms with E-state index in [0.717, 1.165) is 5.56 Å². The highest BCUT2D eigenvalue weighted by Gasteiger charge is 2.09. The van der Waals surface area contributed by atoms with Crippen molar-refractivity contribution in [2.24, 2.45) is 5.73 Å². The Labute approximate surface area is 103 Å². The fourth-order valence-corrected chi connectivity index (χ4v) is 1.91. The second-order valence-electron chi connectivity index (χ2n) is 3.14. The van der Waals surface area contributed by atoms with Crippen LogP contribution in [0.2, 0.25) is 0 Å². The van der Waals surface area contributed by atoms with Crippen molar-refractivity contribution in [3.05, 3.63) is 34.1 Å². The van der Waals surface area contributed by atoms with Gasteiger partial charge in [-0.2, -0.15) is 0 Å². The van der Waals surface area contributed by atoms with Crippen LogP contribution in [0.4, 0.5) is 4.39 Å². The third-order valence-corrected chi connectivity index (χ3v) is 2.72. The molecule has 0 bridgehead atoms. The number of nitrogens with two attached hydrogens (primary N) is 1. The van der Waals surface area contributed by atoms with Crippen LogP contribution in [0.1, 0.15) is 24.4 Å². The summed E-state index contributed by atoms with van der Waals surface area (Å²) >= 11 is 3.26. The normalized spacial score (nSPS) is 12.0. The Morgan fingerprint density at radius 1 is 1.47 bits per heavy atom. The molecule has 0 saturated carbocycles. The van der Waals surface area contributed by atoms with Crippen LogP contribution in [0.3, 0.4) is 0 Å². The summed E-state index contributed by atoms with van der Waals surface area (Å²) in [6.07, 6.45) is 1.35. The molecule has 0 unspecified atom stereocenters. The summed E-state index contributed by atoms with van der Waals surface area (Å²) < 4.78 is 13.4. The van der Waals surface area contributed by atoms with Gasteiger partial charge in [0, 0.05) is 17.1 Å².